The SMILES string of the molecule is CCC1CNC(CCc2cc3c(cc2C)OCO3)c2cc(OC)c(OCc3ccccc3)cc21. The third-order valence-corrected chi connectivity index (χ3v) is 7.06. The van der Waals surface area contributed by atoms with Gasteiger partial charge in [0.25, 0.3) is 0 Å². The second-order valence-corrected chi connectivity index (χ2v) is 9.14. The lowest BCUT2D eigenvalue weighted by Crippen LogP contribution is -2.33. The molecule has 0 radical (unpaired) electrons. The minimum absolute atomic E-state index is 0.264. The van der Waals surface area contributed by atoms with Crippen LogP contribution in [0.2, 0.25) is 0 Å². The summed E-state index contributed by atoms with van der Waals surface area (Å²) >= 11 is 0. The van der Waals surface area contributed by atoms with Crippen LogP contribution in [0, 0.1) is 6.92 Å². The molecular weight excluding hydrogens is 426 g/mol. The highest BCUT2D eigenvalue weighted by Gasteiger charge is 2.28. The Morgan fingerprint density at radius 2 is 1.74 bits per heavy atom. The Morgan fingerprint density at radius 1 is 0.971 bits per heavy atom. The molecule has 5 rings (SSSR count). The summed E-state index contributed by atoms with van der Waals surface area (Å²) in [7, 11) is 1.72. The zero-order valence-corrected chi connectivity index (χ0v) is 20.2. The molecule has 178 valence electrons. The summed E-state index contributed by atoms with van der Waals surface area (Å²) < 4.78 is 23.1. The molecule has 2 aliphatic rings. The summed E-state index contributed by atoms with van der Waals surface area (Å²) in [6, 6.07) is 19.1. The average Bonchev–Trinajstić information content (AvgIpc) is 3.33. The van der Waals surface area contributed by atoms with E-state index >= 15 is 0 Å². The highest BCUT2D eigenvalue weighted by Crippen LogP contribution is 2.42. The number of rotatable bonds is 8. The van der Waals surface area contributed by atoms with Crippen LogP contribution in [0.25, 0.3) is 0 Å². The van der Waals surface area contributed by atoms with Crippen LogP contribution < -0.4 is 24.3 Å². The lowest BCUT2D eigenvalue weighted by Gasteiger charge is -2.33. The molecule has 3 aromatic rings. The summed E-state index contributed by atoms with van der Waals surface area (Å²) in [6.07, 6.45) is 3.04. The van der Waals surface area contributed by atoms with E-state index in [1.165, 1.54) is 22.3 Å². The topological polar surface area (TPSA) is 49.0 Å². The van der Waals surface area contributed by atoms with Gasteiger partial charge in [-0.3, -0.25) is 0 Å². The van der Waals surface area contributed by atoms with Crippen molar-refractivity contribution in [3.05, 3.63) is 82.4 Å². The van der Waals surface area contributed by atoms with E-state index in [1.807, 2.05) is 18.2 Å². The van der Waals surface area contributed by atoms with Crippen molar-refractivity contribution < 1.29 is 18.9 Å². The lowest BCUT2D eigenvalue weighted by atomic mass is 9.83. The fraction of sp³-hybridized carbons (Fsp3) is 0.379. The Bertz CT molecular complexity index is 1140. The second kappa shape index (κ2) is 9.98. The van der Waals surface area contributed by atoms with Crippen molar-refractivity contribution in [2.75, 3.05) is 20.4 Å². The zero-order valence-electron chi connectivity index (χ0n) is 20.2. The van der Waals surface area contributed by atoms with Crippen molar-refractivity contribution in [3.8, 4) is 23.0 Å². The van der Waals surface area contributed by atoms with Crippen molar-refractivity contribution in [2.45, 2.75) is 51.7 Å². The molecule has 0 fully saturated rings. The zero-order chi connectivity index (χ0) is 23.5. The monoisotopic (exact) mass is 459 g/mol. The summed E-state index contributed by atoms with van der Waals surface area (Å²) in [5, 5.41) is 3.79. The molecule has 5 nitrogen and oxygen atoms in total. The summed E-state index contributed by atoms with van der Waals surface area (Å²) in [5.74, 6) is 3.77. The van der Waals surface area contributed by atoms with Gasteiger partial charge in [0.05, 0.1) is 7.11 Å². The fourth-order valence-corrected chi connectivity index (χ4v) is 5.04. The second-order valence-electron chi connectivity index (χ2n) is 9.14. The minimum Gasteiger partial charge on any atom is -0.493 e. The van der Waals surface area contributed by atoms with Gasteiger partial charge in [0.1, 0.15) is 6.61 Å². The molecule has 0 saturated carbocycles. The quantitative estimate of drug-likeness (QED) is 0.442. The minimum atomic E-state index is 0.264. The third-order valence-electron chi connectivity index (χ3n) is 7.06. The van der Waals surface area contributed by atoms with E-state index < -0.39 is 0 Å². The van der Waals surface area contributed by atoms with Gasteiger partial charge in [0.2, 0.25) is 6.79 Å². The Balaban J connectivity index is 1.38. The number of fused-ring (bicyclic) bond motifs is 2. The molecular formula is C29H33NO4. The van der Waals surface area contributed by atoms with E-state index in [2.05, 4.69) is 55.6 Å². The van der Waals surface area contributed by atoms with Gasteiger partial charge in [-0.1, -0.05) is 37.3 Å². The number of aryl methyl sites for hydroxylation is 2. The van der Waals surface area contributed by atoms with Crippen molar-refractivity contribution in [2.24, 2.45) is 0 Å². The van der Waals surface area contributed by atoms with Gasteiger partial charge in [-0.2, -0.15) is 0 Å². The standard InChI is InChI=1S/C29H33NO4/c1-4-21-16-30-25(11-10-22-13-28-27(12-19(22)2)33-18-34-28)24-15-26(31-3)29(14-23(21)24)32-17-20-8-6-5-7-9-20/h5-9,12-15,21,25,30H,4,10-11,16-18H2,1-3H3. The smallest absolute Gasteiger partial charge is 0.231 e. The van der Waals surface area contributed by atoms with Gasteiger partial charge in [-0.05, 0) is 84.2 Å². The van der Waals surface area contributed by atoms with Gasteiger partial charge in [-0.25, -0.2) is 0 Å². The normalized spacial score (nSPS) is 18.4. The predicted molar refractivity (Wildman–Crippen MR) is 133 cm³/mol. The maximum atomic E-state index is 6.22. The first-order chi connectivity index (χ1) is 16.7. The van der Waals surface area contributed by atoms with E-state index in [-0.39, 0.29) is 6.04 Å². The van der Waals surface area contributed by atoms with Crippen molar-refractivity contribution in [1.82, 2.24) is 5.32 Å². The van der Waals surface area contributed by atoms with Gasteiger partial charge in [0.15, 0.2) is 23.0 Å². The Labute approximate surface area is 202 Å². The maximum absolute atomic E-state index is 6.22. The van der Waals surface area contributed by atoms with Crippen LogP contribution in [0.3, 0.4) is 0 Å². The Morgan fingerprint density at radius 3 is 2.50 bits per heavy atom. The van der Waals surface area contributed by atoms with Crippen LogP contribution in [0.4, 0.5) is 0 Å². The third kappa shape index (κ3) is 4.58. The highest BCUT2D eigenvalue weighted by molar-refractivity contribution is 5.51. The number of methoxy groups -OCH3 is 1. The van der Waals surface area contributed by atoms with Crippen LogP contribution in [0.15, 0.2) is 54.6 Å². The molecule has 3 aromatic carbocycles. The molecule has 0 aromatic heterocycles. The predicted octanol–water partition coefficient (Wildman–Crippen LogP) is 6.08. The van der Waals surface area contributed by atoms with Gasteiger partial charge in [0, 0.05) is 12.6 Å². The van der Waals surface area contributed by atoms with E-state index in [4.69, 9.17) is 18.9 Å². The number of benzene rings is 3. The summed E-state index contributed by atoms with van der Waals surface area (Å²) in [4.78, 5) is 0. The molecule has 34 heavy (non-hydrogen) atoms. The largest absolute Gasteiger partial charge is 0.493 e. The average molecular weight is 460 g/mol. The molecule has 2 heterocycles. The van der Waals surface area contributed by atoms with Crippen LogP contribution >= 0.6 is 0 Å². The number of hydrogen-bond donors (Lipinski definition) is 1. The Kier molecular flexibility index (Phi) is 6.63. The molecule has 0 saturated heterocycles. The summed E-state index contributed by atoms with van der Waals surface area (Å²) in [5.41, 5.74) is 6.39. The first kappa shape index (κ1) is 22.6. The molecule has 0 aliphatic carbocycles. The lowest BCUT2D eigenvalue weighted by molar-refractivity contribution is 0.174. The van der Waals surface area contributed by atoms with Crippen LogP contribution in [0.1, 0.15) is 59.5 Å². The number of nitrogens with one attached hydrogen (secondary N) is 1. The van der Waals surface area contributed by atoms with E-state index in [1.54, 1.807) is 7.11 Å². The van der Waals surface area contributed by atoms with E-state index in [9.17, 15) is 0 Å². The number of ether oxygens (including phenoxy) is 4. The van der Waals surface area contributed by atoms with E-state index in [0.29, 0.717) is 19.3 Å². The van der Waals surface area contributed by atoms with Crippen LogP contribution in [0.5, 0.6) is 23.0 Å². The van der Waals surface area contributed by atoms with Crippen molar-refractivity contribution >= 4 is 0 Å². The molecule has 2 aliphatic heterocycles. The fourth-order valence-electron chi connectivity index (χ4n) is 5.04. The van der Waals surface area contributed by atoms with Gasteiger partial charge in [-0.15, -0.1) is 0 Å². The number of hydrogen-bond acceptors (Lipinski definition) is 5. The van der Waals surface area contributed by atoms with Crippen molar-refractivity contribution in [3.63, 3.8) is 0 Å². The molecule has 0 bridgehead atoms. The molecule has 0 spiro atoms. The molecule has 2 unspecified atom stereocenters. The van der Waals surface area contributed by atoms with Gasteiger partial charge < -0.3 is 24.3 Å². The highest BCUT2D eigenvalue weighted by atomic mass is 16.7. The molecule has 1 N–H and O–H groups in total. The van der Waals surface area contributed by atoms with Crippen LogP contribution in [-0.2, 0) is 13.0 Å². The van der Waals surface area contributed by atoms with E-state index in [0.717, 1.165) is 54.4 Å². The maximum Gasteiger partial charge on any atom is 0.231 e. The molecule has 5 heteroatoms. The summed E-state index contributed by atoms with van der Waals surface area (Å²) in [6.45, 7) is 6.20. The van der Waals surface area contributed by atoms with Crippen molar-refractivity contribution in [1.29, 1.82) is 0 Å². The first-order valence-electron chi connectivity index (χ1n) is 12.2. The van der Waals surface area contributed by atoms with Gasteiger partial charge >= 0.3 is 0 Å². The molecule has 2 atom stereocenters. The Hall–Kier alpha value is -3.18. The first-order valence-corrected chi connectivity index (χ1v) is 12.2. The van der Waals surface area contributed by atoms with Crippen LogP contribution in [-0.4, -0.2) is 20.4 Å². The molecule has 0 amide bonds.